The minimum atomic E-state index is -1.35. The Morgan fingerprint density at radius 1 is 1.19 bits per heavy atom. The van der Waals surface area contributed by atoms with Crippen LogP contribution in [0.5, 0.6) is 0 Å². The van der Waals surface area contributed by atoms with Crippen molar-refractivity contribution in [1.82, 2.24) is 14.8 Å². The molecule has 12 heteroatoms. The van der Waals surface area contributed by atoms with E-state index in [1.807, 2.05) is 0 Å². The standard InChI is InChI=1S/C24H23F3N4O5/c1-23(35-2)3-4-24(5-6-29-36-24)20-12-31(23)22(34)18-9-19(32)14(11-30(18)20)21(33)28-10-13-7-16(26)17(27)8-15(13)25/h6-9,11,20H,3-5,10,12H2,1-2H3,(H,28,33). The molecule has 0 aliphatic carbocycles. The fourth-order valence-electron chi connectivity index (χ4n) is 5.10. The maximum Gasteiger partial charge on any atom is 0.272 e. The van der Waals surface area contributed by atoms with Gasteiger partial charge in [-0.3, -0.25) is 14.4 Å². The third-order valence-corrected chi connectivity index (χ3v) is 7.38. The van der Waals surface area contributed by atoms with E-state index < -0.39 is 58.6 Å². The Kier molecular flexibility index (Phi) is 5.66. The van der Waals surface area contributed by atoms with Crippen LogP contribution in [0.4, 0.5) is 13.2 Å². The summed E-state index contributed by atoms with van der Waals surface area (Å²) in [6, 6.07) is 1.61. The smallest absolute Gasteiger partial charge is 0.272 e. The largest absolute Gasteiger partial charge is 0.387 e. The van der Waals surface area contributed by atoms with E-state index in [1.165, 1.54) is 13.3 Å². The number of fused-ring (bicyclic) bond motifs is 5. The van der Waals surface area contributed by atoms with E-state index >= 15 is 0 Å². The van der Waals surface area contributed by atoms with Crippen molar-refractivity contribution in [3.8, 4) is 0 Å². The number of ether oxygens (including phenoxy) is 1. The lowest BCUT2D eigenvalue weighted by molar-refractivity contribution is -0.108. The minimum absolute atomic E-state index is 0.0690. The molecule has 0 radical (unpaired) electrons. The molecule has 9 nitrogen and oxygen atoms in total. The Bertz CT molecular complexity index is 1350. The molecule has 5 rings (SSSR count). The van der Waals surface area contributed by atoms with Gasteiger partial charge in [0.05, 0.1) is 6.04 Å². The number of benzene rings is 1. The van der Waals surface area contributed by atoms with Gasteiger partial charge in [-0.1, -0.05) is 5.16 Å². The molecular formula is C24H23F3N4O5. The molecule has 1 N–H and O–H groups in total. The summed E-state index contributed by atoms with van der Waals surface area (Å²) in [5, 5.41) is 6.32. The van der Waals surface area contributed by atoms with Crippen molar-refractivity contribution in [3.63, 3.8) is 0 Å². The summed E-state index contributed by atoms with van der Waals surface area (Å²) in [6.07, 6.45) is 4.34. The van der Waals surface area contributed by atoms with Crippen LogP contribution in [0.1, 0.15) is 58.6 Å². The second-order valence-electron chi connectivity index (χ2n) is 9.34. The van der Waals surface area contributed by atoms with Crippen molar-refractivity contribution in [2.24, 2.45) is 5.16 Å². The highest BCUT2D eigenvalue weighted by atomic mass is 19.2. The van der Waals surface area contributed by atoms with Crippen LogP contribution in [0, 0.1) is 17.5 Å². The molecular weight excluding hydrogens is 481 g/mol. The quantitative estimate of drug-likeness (QED) is 0.645. The van der Waals surface area contributed by atoms with Gasteiger partial charge in [-0.05, 0) is 25.8 Å². The summed E-state index contributed by atoms with van der Waals surface area (Å²) in [5.74, 6) is -4.95. The van der Waals surface area contributed by atoms with E-state index in [0.717, 1.165) is 6.07 Å². The average molecular weight is 504 g/mol. The number of rotatable bonds is 4. The van der Waals surface area contributed by atoms with Crippen LogP contribution in [-0.4, -0.2) is 52.5 Å². The Morgan fingerprint density at radius 3 is 2.64 bits per heavy atom. The molecule has 4 heterocycles. The van der Waals surface area contributed by atoms with Crippen LogP contribution in [0.2, 0.25) is 0 Å². The van der Waals surface area contributed by atoms with Crippen LogP contribution >= 0.6 is 0 Å². The highest BCUT2D eigenvalue weighted by molar-refractivity contribution is 5.97. The number of nitrogens with one attached hydrogen (secondary N) is 1. The van der Waals surface area contributed by atoms with Crippen LogP contribution in [0.25, 0.3) is 0 Å². The minimum Gasteiger partial charge on any atom is -0.387 e. The number of amides is 2. The summed E-state index contributed by atoms with van der Waals surface area (Å²) < 4.78 is 47.9. The fraction of sp³-hybridized carbons (Fsp3) is 0.417. The first kappa shape index (κ1) is 24.0. The van der Waals surface area contributed by atoms with E-state index in [-0.39, 0.29) is 23.4 Å². The molecule has 2 bridgehead atoms. The molecule has 1 aromatic heterocycles. The van der Waals surface area contributed by atoms with Gasteiger partial charge in [0.2, 0.25) is 0 Å². The molecule has 2 aromatic rings. The number of hydrogen-bond donors (Lipinski definition) is 1. The number of nitrogens with zero attached hydrogens (tertiary/aromatic N) is 3. The molecule has 36 heavy (non-hydrogen) atoms. The molecule has 3 aliphatic rings. The Labute approximate surface area is 203 Å². The number of carbonyl (C=O) groups is 2. The first-order valence-electron chi connectivity index (χ1n) is 11.3. The monoisotopic (exact) mass is 504 g/mol. The highest BCUT2D eigenvalue weighted by Gasteiger charge is 2.55. The predicted octanol–water partition coefficient (Wildman–Crippen LogP) is 2.49. The molecule has 190 valence electrons. The molecule has 1 aromatic carbocycles. The lowest BCUT2D eigenvalue weighted by atomic mass is 9.85. The molecule has 1 spiro atoms. The molecule has 3 aliphatic heterocycles. The van der Waals surface area contributed by atoms with Crippen molar-refractivity contribution in [3.05, 3.63) is 68.9 Å². The van der Waals surface area contributed by atoms with Gasteiger partial charge >= 0.3 is 0 Å². The number of hydrogen-bond acceptors (Lipinski definition) is 6. The number of pyridine rings is 1. The van der Waals surface area contributed by atoms with Crippen LogP contribution in [0.15, 0.2) is 34.3 Å². The lowest BCUT2D eigenvalue weighted by Gasteiger charge is -2.44. The first-order chi connectivity index (χ1) is 17.1. The summed E-state index contributed by atoms with van der Waals surface area (Å²) in [5.41, 5.74) is -2.99. The number of halogens is 3. The van der Waals surface area contributed by atoms with Gasteiger partial charge in [0.15, 0.2) is 22.7 Å². The van der Waals surface area contributed by atoms with E-state index in [9.17, 15) is 27.6 Å². The van der Waals surface area contributed by atoms with Crippen LogP contribution in [0.3, 0.4) is 0 Å². The third kappa shape index (κ3) is 3.67. The molecule has 3 atom stereocenters. The molecule has 2 amide bonds. The summed E-state index contributed by atoms with van der Waals surface area (Å²) in [6.45, 7) is 1.51. The maximum absolute atomic E-state index is 14.0. The first-order valence-corrected chi connectivity index (χ1v) is 11.3. The SMILES string of the molecule is COC1(C)CCC2(CC=NO2)C2CN1C(=O)c1cc(=O)c(C(=O)NCc3cc(F)c(F)cc3F)cn12. The van der Waals surface area contributed by atoms with E-state index in [1.54, 1.807) is 22.6 Å². The number of carbonyl (C=O) groups excluding carboxylic acids is 2. The molecule has 1 fully saturated rings. The van der Waals surface area contributed by atoms with E-state index in [0.29, 0.717) is 31.4 Å². The van der Waals surface area contributed by atoms with Crippen molar-refractivity contribution in [1.29, 1.82) is 0 Å². The second kappa shape index (κ2) is 8.47. The molecule has 0 saturated carbocycles. The van der Waals surface area contributed by atoms with Crippen LogP contribution in [-0.2, 0) is 16.1 Å². The zero-order valence-corrected chi connectivity index (χ0v) is 19.5. The van der Waals surface area contributed by atoms with E-state index in [4.69, 9.17) is 9.57 Å². The highest BCUT2D eigenvalue weighted by Crippen LogP contribution is 2.46. The second-order valence-corrected chi connectivity index (χ2v) is 9.34. The van der Waals surface area contributed by atoms with Gasteiger partial charge in [0.1, 0.15) is 22.8 Å². The Balaban J connectivity index is 1.51. The van der Waals surface area contributed by atoms with Gasteiger partial charge in [-0.15, -0.1) is 0 Å². The van der Waals surface area contributed by atoms with Crippen molar-refractivity contribution >= 4 is 18.0 Å². The topological polar surface area (TPSA) is 102 Å². The maximum atomic E-state index is 14.0. The van der Waals surface area contributed by atoms with Gasteiger partial charge in [-0.25, -0.2) is 13.2 Å². The van der Waals surface area contributed by atoms with Crippen molar-refractivity contribution in [2.45, 2.75) is 50.1 Å². The number of methoxy groups -OCH3 is 1. The normalized spacial score (nSPS) is 26.5. The fourth-order valence-corrected chi connectivity index (χ4v) is 5.10. The van der Waals surface area contributed by atoms with E-state index in [2.05, 4.69) is 10.5 Å². The Morgan fingerprint density at radius 2 is 1.94 bits per heavy atom. The molecule has 3 unspecified atom stereocenters. The third-order valence-electron chi connectivity index (χ3n) is 7.38. The van der Waals surface area contributed by atoms with Gasteiger partial charge in [0.25, 0.3) is 11.8 Å². The van der Waals surface area contributed by atoms with Gasteiger partial charge < -0.3 is 24.4 Å². The summed E-state index contributed by atoms with van der Waals surface area (Å²) in [4.78, 5) is 46.6. The van der Waals surface area contributed by atoms with Crippen molar-refractivity contribution in [2.75, 3.05) is 13.7 Å². The zero-order valence-electron chi connectivity index (χ0n) is 19.5. The zero-order chi connectivity index (χ0) is 25.8. The van der Waals surface area contributed by atoms with Gasteiger partial charge in [0, 0.05) is 56.7 Å². The average Bonchev–Trinajstić information content (AvgIpc) is 3.30. The predicted molar refractivity (Wildman–Crippen MR) is 120 cm³/mol. The van der Waals surface area contributed by atoms with Gasteiger partial charge in [-0.2, -0.15) is 0 Å². The number of oxime groups is 1. The summed E-state index contributed by atoms with van der Waals surface area (Å²) >= 11 is 0. The van der Waals surface area contributed by atoms with Crippen molar-refractivity contribution < 1.29 is 32.3 Å². The number of aromatic nitrogens is 1. The Hall–Kier alpha value is -3.67. The lowest BCUT2D eigenvalue weighted by Crippen LogP contribution is -2.57. The summed E-state index contributed by atoms with van der Waals surface area (Å²) in [7, 11) is 1.51. The van der Waals surface area contributed by atoms with Crippen LogP contribution < -0.4 is 10.7 Å². The molecule has 1 saturated heterocycles.